The summed E-state index contributed by atoms with van der Waals surface area (Å²) in [7, 11) is 0. The lowest BCUT2D eigenvalue weighted by atomic mass is 9.65. The largest absolute Gasteiger partial charge is 0.494 e. The fourth-order valence-corrected chi connectivity index (χ4v) is 7.25. The highest BCUT2D eigenvalue weighted by Crippen LogP contribution is 2.45. The summed E-state index contributed by atoms with van der Waals surface area (Å²) in [6, 6.07) is 53.0. The predicted octanol–water partition coefficient (Wildman–Crippen LogP) is 13.1. The Morgan fingerprint density at radius 3 is 1.36 bits per heavy atom. The van der Waals surface area contributed by atoms with Crippen molar-refractivity contribution in [3.63, 3.8) is 0 Å². The van der Waals surface area contributed by atoms with Crippen LogP contribution in [0.5, 0.6) is 5.75 Å². The molecule has 3 N–H and O–H groups in total. The molecule has 304 valence electrons. The van der Waals surface area contributed by atoms with Gasteiger partial charge < -0.3 is 20.1 Å². The molecular formula is C52H57N3O4. The molecule has 0 bridgehead atoms. The lowest BCUT2D eigenvalue weighted by Crippen LogP contribution is -2.31. The molecular weight excluding hydrogens is 731 g/mol. The Morgan fingerprint density at radius 1 is 0.441 bits per heavy atom. The number of carbonyl (C=O) groups is 2. The second-order valence-electron chi connectivity index (χ2n) is 17.0. The van der Waals surface area contributed by atoms with Crippen LogP contribution in [0.1, 0.15) is 94.2 Å². The first kappa shape index (κ1) is 42.3. The van der Waals surface area contributed by atoms with Crippen LogP contribution in [0.4, 0.5) is 26.7 Å². The summed E-state index contributed by atoms with van der Waals surface area (Å²) in [4.78, 5) is 25.6. The van der Waals surface area contributed by atoms with Gasteiger partial charge in [0.1, 0.15) is 5.75 Å². The third-order valence-corrected chi connectivity index (χ3v) is 10.5. The van der Waals surface area contributed by atoms with Crippen molar-refractivity contribution in [3.8, 4) is 5.75 Å². The zero-order valence-corrected chi connectivity index (χ0v) is 35.2. The van der Waals surface area contributed by atoms with Crippen LogP contribution in [0.2, 0.25) is 0 Å². The van der Waals surface area contributed by atoms with E-state index in [9.17, 15) is 9.59 Å². The molecule has 0 radical (unpaired) electrons. The van der Waals surface area contributed by atoms with Crippen LogP contribution in [-0.2, 0) is 21.0 Å². The van der Waals surface area contributed by atoms with Gasteiger partial charge in [0.25, 0.3) is 0 Å². The normalized spacial score (nSPS) is 11.7. The van der Waals surface area contributed by atoms with Crippen LogP contribution in [0.3, 0.4) is 0 Å². The average molecular weight is 788 g/mol. The van der Waals surface area contributed by atoms with Gasteiger partial charge in [-0.2, -0.15) is 0 Å². The van der Waals surface area contributed by atoms with Crippen molar-refractivity contribution in [2.45, 2.75) is 77.0 Å². The smallest absolute Gasteiger partial charge is 0.411 e. The van der Waals surface area contributed by atoms with Gasteiger partial charge in [0, 0.05) is 17.1 Å². The van der Waals surface area contributed by atoms with E-state index in [1.165, 1.54) is 11.1 Å². The number of hydrogen-bond donors (Lipinski definition) is 3. The van der Waals surface area contributed by atoms with E-state index in [0.29, 0.717) is 24.6 Å². The minimum atomic E-state index is -0.553. The highest BCUT2D eigenvalue weighted by molar-refractivity contribution is 6.00. The SMILES string of the molecule is CC(C)(C)c1cc(NC(=O)Nc2ccc(OCCCCCOC(=O)Nc3ccc(C(c4ccccc4)(c4ccccc4)c4ccccc4)cc3)cc2)cc(C(C)(C)C)c1. The van der Waals surface area contributed by atoms with Crippen LogP contribution < -0.4 is 20.7 Å². The van der Waals surface area contributed by atoms with E-state index in [2.05, 4.69) is 148 Å². The maximum atomic E-state index is 12.9. The Kier molecular flexibility index (Phi) is 13.6. The zero-order chi connectivity index (χ0) is 41.9. The molecule has 6 aromatic rings. The maximum Gasteiger partial charge on any atom is 0.411 e. The molecule has 0 spiro atoms. The van der Waals surface area contributed by atoms with Gasteiger partial charge >= 0.3 is 12.1 Å². The highest BCUT2D eigenvalue weighted by Gasteiger charge is 2.38. The van der Waals surface area contributed by atoms with Crippen LogP contribution in [0, 0.1) is 0 Å². The molecule has 0 aliphatic heterocycles. The molecule has 6 aromatic carbocycles. The highest BCUT2D eigenvalue weighted by atomic mass is 16.5. The molecule has 7 nitrogen and oxygen atoms in total. The maximum absolute atomic E-state index is 12.9. The summed E-state index contributed by atoms with van der Waals surface area (Å²) in [6.45, 7) is 13.9. The second-order valence-corrected chi connectivity index (χ2v) is 17.0. The molecule has 0 fully saturated rings. The van der Waals surface area contributed by atoms with Gasteiger partial charge in [0.15, 0.2) is 0 Å². The number of hydrogen-bond acceptors (Lipinski definition) is 4. The van der Waals surface area contributed by atoms with Crippen molar-refractivity contribution in [3.05, 3.63) is 191 Å². The molecule has 59 heavy (non-hydrogen) atoms. The molecule has 0 aromatic heterocycles. The number of unbranched alkanes of at least 4 members (excludes halogenated alkanes) is 2. The fourth-order valence-electron chi connectivity index (χ4n) is 7.25. The van der Waals surface area contributed by atoms with E-state index in [1.54, 1.807) is 0 Å². The van der Waals surface area contributed by atoms with E-state index >= 15 is 0 Å². The number of urea groups is 1. The third kappa shape index (κ3) is 11.0. The molecule has 0 saturated carbocycles. The van der Waals surface area contributed by atoms with Gasteiger partial charge in [-0.25, -0.2) is 9.59 Å². The summed E-state index contributed by atoms with van der Waals surface area (Å²) >= 11 is 0. The Morgan fingerprint density at radius 2 is 0.864 bits per heavy atom. The van der Waals surface area contributed by atoms with Crippen molar-refractivity contribution in [1.82, 2.24) is 0 Å². The van der Waals surface area contributed by atoms with Crippen molar-refractivity contribution in [1.29, 1.82) is 0 Å². The van der Waals surface area contributed by atoms with Gasteiger partial charge in [0.2, 0.25) is 0 Å². The third-order valence-electron chi connectivity index (χ3n) is 10.5. The summed E-state index contributed by atoms with van der Waals surface area (Å²) in [5.74, 6) is 0.721. The number of rotatable bonds is 14. The first-order valence-corrected chi connectivity index (χ1v) is 20.5. The van der Waals surface area contributed by atoms with Crippen molar-refractivity contribution in [2.75, 3.05) is 29.2 Å². The summed E-state index contributed by atoms with van der Waals surface area (Å²) in [5.41, 5.74) is 8.36. The number of amides is 3. The molecule has 0 heterocycles. The molecule has 7 heteroatoms. The van der Waals surface area contributed by atoms with Crippen molar-refractivity contribution in [2.24, 2.45) is 0 Å². The van der Waals surface area contributed by atoms with Crippen molar-refractivity contribution >= 4 is 29.2 Å². The zero-order valence-electron chi connectivity index (χ0n) is 35.2. The van der Waals surface area contributed by atoms with E-state index in [0.717, 1.165) is 53.0 Å². The average Bonchev–Trinajstić information content (AvgIpc) is 3.22. The van der Waals surface area contributed by atoms with Crippen LogP contribution in [0.25, 0.3) is 0 Å². The Bertz CT molecular complexity index is 2130. The minimum Gasteiger partial charge on any atom is -0.494 e. The summed E-state index contributed by atoms with van der Waals surface area (Å²) < 4.78 is 11.4. The molecule has 0 unspecified atom stereocenters. The first-order chi connectivity index (χ1) is 28.3. The minimum absolute atomic E-state index is 0.0468. The second kappa shape index (κ2) is 18.9. The lowest BCUT2D eigenvalue weighted by molar-refractivity contribution is 0.158. The number of ether oxygens (including phenoxy) is 2. The molecule has 6 rings (SSSR count). The van der Waals surface area contributed by atoms with Crippen LogP contribution >= 0.6 is 0 Å². The summed E-state index contributed by atoms with van der Waals surface area (Å²) in [6.07, 6.45) is 1.89. The Labute approximate surface area is 350 Å². The van der Waals surface area contributed by atoms with Gasteiger partial charge in [-0.3, -0.25) is 5.32 Å². The Hall–Kier alpha value is -6.34. The van der Waals surface area contributed by atoms with E-state index in [-0.39, 0.29) is 16.9 Å². The summed E-state index contributed by atoms with van der Waals surface area (Å²) in [5, 5.41) is 8.83. The molecule has 3 amide bonds. The fraction of sp³-hybridized carbons (Fsp3) is 0.269. The topological polar surface area (TPSA) is 88.7 Å². The molecule has 0 aliphatic rings. The van der Waals surface area contributed by atoms with Gasteiger partial charge in [-0.05, 0) is 112 Å². The van der Waals surface area contributed by atoms with Crippen LogP contribution in [0.15, 0.2) is 158 Å². The van der Waals surface area contributed by atoms with Crippen LogP contribution in [-0.4, -0.2) is 25.3 Å². The number of benzene rings is 6. The first-order valence-electron chi connectivity index (χ1n) is 20.5. The van der Waals surface area contributed by atoms with E-state index in [1.807, 2.05) is 66.7 Å². The monoisotopic (exact) mass is 787 g/mol. The number of carbonyl (C=O) groups excluding carboxylic acids is 2. The van der Waals surface area contributed by atoms with Crippen molar-refractivity contribution < 1.29 is 19.1 Å². The van der Waals surface area contributed by atoms with Gasteiger partial charge in [0.05, 0.1) is 18.6 Å². The predicted molar refractivity (Wildman–Crippen MR) is 242 cm³/mol. The molecule has 0 atom stereocenters. The van der Waals surface area contributed by atoms with E-state index < -0.39 is 11.5 Å². The number of anilines is 3. The standard InChI is InChI=1S/C52H57N3O4/c1-50(2,3)42-35-43(51(4,5)6)37-46(36-42)54-48(56)53-44-29-31-47(32-30-44)58-33-17-10-18-34-59-49(57)55-45-27-25-41(26-28-45)52(38-19-11-7-12-20-38,39-21-13-8-14-22-39)40-23-15-9-16-24-40/h7-9,11-16,19-32,35-37H,10,17-18,33-34H2,1-6H3,(H,55,57)(H2,53,54,56). The lowest BCUT2D eigenvalue weighted by Gasteiger charge is -2.37. The Balaban J connectivity index is 0.943. The van der Waals surface area contributed by atoms with E-state index in [4.69, 9.17) is 9.47 Å². The molecule has 0 aliphatic carbocycles. The number of nitrogens with one attached hydrogen (secondary N) is 3. The quantitative estimate of drug-likeness (QED) is 0.0758. The molecule has 0 saturated heterocycles. The van der Waals surface area contributed by atoms with Gasteiger partial charge in [-0.1, -0.05) is 151 Å². The van der Waals surface area contributed by atoms with Gasteiger partial charge in [-0.15, -0.1) is 0 Å².